The zero-order chi connectivity index (χ0) is 12.0. The molecule has 16 heavy (non-hydrogen) atoms. The van der Waals surface area contributed by atoms with Gasteiger partial charge in [0.1, 0.15) is 0 Å². The zero-order valence-electron chi connectivity index (χ0n) is 8.89. The fourth-order valence-electron chi connectivity index (χ4n) is 1.15. The Balaban J connectivity index is 2.77. The van der Waals surface area contributed by atoms with Crippen LogP contribution in [0.3, 0.4) is 0 Å². The van der Waals surface area contributed by atoms with E-state index in [9.17, 15) is 8.42 Å². The predicted octanol–water partition coefficient (Wildman–Crippen LogP) is 0.990. The highest BCUT2D eigenvalue weighted by Gasteiger charge is 2.12. The molecule has 0 heterocycles. The van der Waals surface area contributed by atoms with Crippen LogP contribution in [0.2, 0.25) is 0 Å². The molecule has 0 saturated heterocycles. The number of sulfonamides is 1. The van der Waals surface area contributed by atoms with E-state index in [1.54, 1.807) is 18.2 Å². The third kappa shape index (κ3) is 3.44. The van der Waals surface area contributed by atoms with Gasteiger partial charge in [0.05, 0.1) is 4.90 Å². The molecule has 0 aliphatic rings. The highest BCUT2D eigenvalue weighted by atomic mass is 32.2. The van der Waals surface area contributed by atoms with Crippen molar-refractivity contribution >= 4 is 16.1 Å². The fraction of sp³-hybridized carbons (Fsp3) is 0.273. The summed E-state index contributed by atoms with van der Waals surface area (Å²) < 4.78 is 25.8. The Morgan fingerprint density at radius 3 is 2.44 bits per heavy atom. The second-order valence-electron chi connectivity index (χ2n) is 3.25. The third-order valence-corrected chi connectivity index (χ3v) is 3.53. The van der Waals surface area contributed by atoms with Gasteiger partial charge in [-0.05, 0) is 24.1 Å². The quantitative estimate of drug-likeness (QED) is 0.730. The van der Waals surface area contributed by atoms with E-state index in [-0.39, 0.29) is 18.0 Å². The number of rotatable bonds is 6. The molecule has 0 aliphatic heterocycles. The van der Waals surface area contributed by atoms with Crippen molar-refractivity contribution in [2.24, 2.45) is 0 Å². The second kappa shape index (κ2) is 5.79. The highest BCUT2D eigenvalue weighted by molar-refractivity contribution is 7.89. The van der Waals surface area contributed by atoms with Gasteiger partial charge in [0.15, 0.2) is 0 Å². The van der Waals surface area contributed by atoms with Gasteiger partial charge in [-0.15, -0.1) is 0 Å². The Morgan fingerprint density at radius 2 is 1.94 bits per heavy atom. The number of hydrogen-bond acceptors (Lipinski definition) is 3. The average Bonchev–Trinajstić information content (AvgIpc) is 2.29. The average molecular weight is 241 g/mol. The summed E-state index contributed by atoms with van der Waals surface area (Å²) in [6, 6.07) is 6.43. The van der Waals surface area contributed by atoms with Gasteiger partial charge >= 0.3 is 0 Å². The van der Waals surface area contributed by atoms with Crippen LogP contribution in [0.25, 0.3) is 6.08 Å². The summed E-state index contributed by atoms with van der Waals surface area (Å²) in [5, 5.41) is 8.56. The van der Waals surface area contributed by atoms with E-state index >= 15 is 0 Å². The first-order valence-corrected chi connectivity index (χ1v) is 6.41. The fourth-order valence-corrected chi connectivity index (χ4v) is 2.23. The molecule has 2 N–H and O–H groups in total. The minimum absolute atomic E-state index is 0.0298. The molecule has 0 saturated carbocycles. The lowest BCUT2D eigenvalue weighted by Gasteiger charge is -2.05. The van der Waals surface area contributed by atoms with E-state index in [2.05, 4.69) is 11.3 Å². The van der Waals surface area contributed by atoms with Crippen LogP contribution < -0.4 is 4.72 Å². The molecule has 0 atom stereocenters. The van der Waals surface area contributed by atoms with Crippen LogP contribution in [-0.4, -0.2) is 26.7 Å². The Hall–Kier alpha value is -1.17. The topological polar surface area (TPSA) is 66.4 Å². The molecule has 0 aliphatic carbocycles. The van der Waals surface area contributed by atoms with Crippen molar-refractivity contribution in [2.45, 2.75) is 11.3 Å². The van der Waals surface area contributed by atoms with E-state index < -0.39 is 10.0 Å². The van der Waals surface area contributed by atoms with Crippen molar-refractivity contribution in [3.8, 4) is 0 Å². The van der Waals surface area contributed by atoms with Gasteiger partial charge in [0.25, 0.3) is 0 Å². The molecular weight excluding hydrogens is 226 g/mol. The zero-order valence-corrected chi connectivity index (χ0v) is 9.70. The molecule has 1 rings (SSSR count). The summed E-state index contributed by atoms with van der Waals surface area (Å²) in [6.45, 7) is 3.80. The van der Waals surface area contributed by atoms with Crippen molar-refractivity contribution in [2.75, 3.05) is 13.2 Å². The molecule has 88 valence electrons. The van der Waals surface area contributed by atoms with Gasteiger partial charge in [-0.25, -0.2) is 13.1 Å². The molecule has 1 aromatic carbocycles. The Kier molecular flexibility index (Phi) is 4.67. The largest absolute Gasteiger partial charge is 0.396 e. The maximum absolute atomic E-state index is 11.7. The number of hydrogen-bond donors (Lipinski definition) is 2. The molecular formula is C11H15NO3S. The van der Waals surface area contributed by atoms with Crippen molar-refractivity contribution in [3.05, 3.63) is 36.4 Å². The van der Waals surface area contributed by atoms with Crippen molar-refractivity contribution in [1.82, 2.24) is 4.72 Å². The maximum atomic E-state index is 11.7. The van der Waals surface area contributed by atoms with E-state index in [1.807, 2.05) is 0 Å². The molecule has 0 spiro atoms. The van der Waals surface area contributed by atoms with Gasteiger partial charge < -0.3 is 5.11 Å². The molecule has 4 nitrogen and oxygen atoms in total. The van der Waals surface area contributed by atoms with Crippen LogP contribution in [0.15, 0.2) is 35.7 Å². The lowest BCUT2D eigenvalue weighted by molar-refractivity contribution is 0.289. The van der Waals surface area contributed by atoms with E-state index in [4.69, 9.17) is 5.11 Å². The van der Waals surface area contributed by atoms with Crippen LogP contribution in [-0.2, 0) is 10.0 Å². The molecule has 1 aromatic rings. The smallest absolute Gasteiger partial charge is 0.240 e. The standard InChI is InChI=1S/C11H15NO3S/c1-2-10-4-6-11(7-5-10)16(14,15)12-8-3-9-13/h2,4-7,12-13H,1,3,8-9H2. The summed E-state index contributed by atoms with van der Waals surface area (Å²) in [6.07, 6.45) is 2.06. The summed E-state index contributed by atoms with van der Waals surface area (Å²) in [5.74, 6) is 0. The maximum Gasteiger partial charge on any atom is 0.240 e. The van der Waals surface area contributed by atoms with Gasteiger partial charge in [0, 0.05) is 13.2 Å². The molecule has 0 unspecified atom stereocenters. The van der Waals surface area contributed by atoms with Gasteiger partial charge in [-0.1, -0.05) is 24.8 Å². The number of aliphatic hydroxyl groups excluding tert-OH is 1. The Labute approximate surface area is 95.7 Å². The normalized spacial score (nSPS) is 11.3. The third-order valence-electron chi connectivity index (χ3n) is 2.05. The number of benzene rings is 1. The first-order chi connectivity index (χ1) is 7.60. The summed E-state index contributed by atoms with van der Waals surface area (Å²) in [5.41, 5.74) is 0.870. The van der Waals surface area contributed by atoms with Gasteiger partial charge in [-0.2, -0.15) is 0 Å². The Morgan fingerprint density at radius 1 is 1.31 bits per heavy atom. The molecule has 0 bridgehead atoms. The Bertz CT molecular complexity index is 437. The van der Waals surface area contributed by atoms with E-state index in [1.165, 1.54) is 12.1 Å². The second-order valence-corrected chi connectivity index (χ2v) is 5.02. The number of nitrogens with one attached hydrogen (secondary N) is 1. The van der Waals surface area contributed by atoms with Crippen LogP contribution in [0.1, 0.15) is 12.0 Å². The minimum Gasteiger partial charge on any atom is -0.396 e. The van der Waals surface area contributed by atoms with Crippen LogP contribution in [0, 0.1) is 0 Å². The van der Waals surface area contributed by atoms with Crippen LogP contribution in [0.4, 0.5) is 0 Å². The van der Waals surface area contributed by atoms with Gasteiger partial charge in [-0.3, -0.25) is 0 Å². The van der Waals surface area contributed by atoms with Crippen molar-refractivity contribution < 1.29 is 13.5 Å². The predicted molar refractivity (Wildman–Crippen MR) is 63.4 cm³/mol. The van der Waals surface area contributed by atoms with Crippen LogP contribution in [0.5, 0.6) is 0 Å². The van der Waals surface area contributed by atoms with Crippen molar-refractivity contribution in [3.63, 3.8) is 0 Å². The molecule has 0 amide bonds. The minimum atomic E-state index is -3.45. The highest BCUT2D eigenvalue weighted by Crippen LogP contribution is 2.10. The lowest BCUT2D eigenvalue weighted by atomic mass is 10.2. The molecule has 0 fully saturated rings. The first-order valence-electron chi connectivity index (χ1n) is 4.93. The summed E-state index contributed by atoms with van der Waals surface area (Å²) in [4.78, 5) is 0.219. The van der Waals surface area contributed by atoms with Gasteiger partial charge in [0.2, 0.25) is 10.0 Å². The monoisotopic (exact) mass is 241 g/mol. The lowest BCUT2D eigenvalue weighted by Crippen LogP contribution is -2.25. The molecule has 5 heteroatoms. The summed E-state index contributed by atoms with van der Waals surface area (Å²) in [7, 11) is -3.45. The summed E-state index contributed by atoms with van der Waals surface area (Å²) >= 11 is 0. The van der Waals surface area contributed by atoms with Crippen LogP contribution >= 0.6 is 0 Å². The SMILES string of the molecule is C=Cc1ccc(S(=O)(=O)NCCCO)cc1. The first kappa shape index (κ1) is 12.9. The van der Waals surface area contributed by atoms with E-state index in [0.29, 0.717) is 6.42 Å². The van der Waals surface area contributed by atoms with Crippen molar-refractivity contribution in [1.29, 1.82) is 0 Å². The molecule has 0 radical (unpaired) electrons. The molecule has 0 aromatic heterocycles. The number of aliphatic hydroxyl groups is 1. The van der Waals surface area contributed by atoms with E-state index in [0.717, 1.165) is 5.56 Å².